The number of carboxylic acids is 1. The molecule has 1 aromatic rings. The Balaban J connectivity index is 2.42. The predicted octanol–water partition coefficient (Wildman–Crippen LogP) is 0.981. The normalized spacial score (nSPS) is 11.4. The van der Waals surface area contributed by atoms with Crippen molar-refractivity contribution in [2.75, 3.05) is 0 Å². The van der Waals surface area contributed by atoms with Crippen molar-refractivity contribution >= 4 is 23.3 Å². The van der Waals surface area contributed by atoms with E-state index in [2.05, 4.69) is 21.5 Å². The van der Waals surface area contributed by atoms with Crippen molar-refractivity contribution in [1.82, 2.24) is 15.6 Å². The molecule has 0 spiro atoms. The summed E-state index contributed by atoms with van der Waals surface area (Å²) in [5.74, 6) is 1.05. The van der Waals surface area contributed by atoms with E-state index in [-0.39, 0.29) is 13.0 Å². The van der Waals surface area contributed by atoms with Crippen LogP contribution in [-0.4, -0.2) is 28.1 Å². The highest BCUT2D eigenvalue weighted by Crippen LogP contribution is 2.12. The number of nitrogens with one attached hydrogen (secondary N) is 2. The van der Waals surface area contributed by atoms with E-state index in [1.54, 1.807) is 6.20 Å². The molecule has 0 aromatic carbocycles. The number of carboxylic acid groups (broad SMARTS) is 1. The quantitative estimate of drug-likeness (QED) is 0.678. The molecular weight excluding hydrogens is 266 g/mol. The van der Waals surface area contributed by atoms with Crippen molar-refractivity contribution in [3.05, 3.63) is 16.1 Å². The number of aliphatic carboxylic acids is 1. The zero-order chi connectivity index (χ0) is 14.3. The van der Waals surface area contributed by atoms with Crippen LogP contribution in [0.25, 0.3) is 0 Å². The fourth-order valence-electron chi connectivity index (χ4n) is 1.28. The highest BCUT2D eigenvalue weighted by Gasteiger charge is 2.18. The molecule has 0 saturated carbocycles. The third kappa shape index (κ3) is 4.97. The van der Waals surface area contributed by atoms with Crippen molar-refractivity contribution in [2.24, 2.45) is 0 Å². The Labute approximate surface area is 115 Å². The van der Waals surface area contributed by atoms with Gasteiger partial charge in [-0.15, -0.1) is 23.7 Å². The maximum absolute atomic E-state index is 11.5. The van der Waals surface area contributed by atoms with E-state index in [1.807, 2.05) is 6.92 Å². The van der Waals surface area contributed by atoms with E-state index < -0.39 is 18.0 Å². The van der Waals surface area contributed by atoms with Crippen LogP contribution >= 0.6 is 11.3 Å². The van der Waals surface area contributed by atoms with Crippen molar-refractivity contribution < 1.29 is 14.7 Å². The van der Waals surface area contributed by atoms with Gasteiger partial charge < -0.3 is 15.7 Å². The minimum absolute atomic E-state index is 0.0556. The van der Waals surface area contributed by atoms with E-state index >= 15 is 0 Å². The summed E-state index contributed by atoms with van der Waals surface area (Å²) < 4.78 is 0. The highest BCUT2D eigenvalue weighted by atomic mass is 32.1. The lowest BCUT2D eigenvalue weighted by Gasteiger charge is -2.12. The molecule has 1 unspecified atom stereocenters. The largest absolute Gasteiger partial charge is 0.480 e. The van der Waals surface area contributed by atoms with Gasteiger partial charge in [0.1, 0.15) is 11.0 Å². The van der Waals surface area contributed by atoms with Gasteiger partial charge >= 0.3 is 12.0 Å². The van der Waals surface area contributed by atoms with Crippen molar-refractivity contribution in [2.45, 2.75) is 32.4 Å². The first-order valence-electron chi connectivity index (χ1n) is 5.71. The van der Waals surface area contributed by atoms with E-state index in [4.69, 9.17) is 11.5 Å². The van der Waals surface area contributed by atoms with E-state index in [9.17, 15) is 9.59 Å². The van der Waals surface area contributed by atoms with Gasteiger partial charge in [-0.2, -0.15) is 0 Å². The number of terminal acetylenes is 1. The second-order valence-electron chi connectivity index (χ2n) is 3.70. The minimum Gasteiger partial charge on any atom is -0.480 e. The Morgan fingerprint density at radius 1 is 1.63 bits per heavy atom. The van der Waals surface area contributed by atoms with Crippen LogP contribution in [-0.2, 0) is 17.8 Å². The summed E-state index contributed by atoms with van der Waals surface area (Å²) in [6.45, 7) is 2.29. The number of amides is 2. The predicted molar refractivity (Wildman–Crippen MR) is 71.7 cm³/mol. The molecule has 0 bridgehead atoms. The lowest BCUT2D eigenvalue weighted by molar-refractivity contribution is -0.139. The van der Waals surface area contributed by atoms with E-state index in [0.717, 1.165) is 16.3 Å². The van der Waals surface area contributed by atoms with Crippen molar-refractivity contribution in [3.63, 3.8) is 0 Å². The zero-order valence-corrected chi connectivity index (χ0v) is 11.3. The molecule has 0 aliphatic rings. The summed E-state index contributed by atoms with van der Waals surface area (Å²) in [6, 6.07) is -1.65. The van der Waals surface area contributed by atoms with Crippen LogP contribution in [0.15, 0.2) is 6.20 Å². The van der Waals surface area contributed by atoms with Gasteiger partial charge in [0, 0.05) is 17.5 Å². The van der Waals surface area contributed by atoms with Gasteiger partial charge in [-0.3, -0.25) is 0 Å². The van der Waals surface area contributed by atoms with Crippen LogP contribution < -0.4 is 10.6 Å². The van der Waals surface area contributed by atoms with Gasteiger partial charge in [-0.05, 0) is 6.42 Å². The molecule has 0 aliphatic heterocycles. The standard InChI is InChI=1S/C12H15N3O3S/c1-3-5-9(11(16)17)15-12(18)14-7-10-13-6-8(4-2)19-10/h1,6,9H,4-5,7H2,2H3,(H,16,17)(H2,14,15,18). The molecule has 19 heavy (non-hydrogen) atoms. The number of thiazole rings is 1. The van der Waals surface area contributed by atoms with Crippen molar-refractivity contribution in [1.29, 1.82) is 0 Å². The van der Waals surface area contributed by atoms with Gasteiger partial charge in [-0.1, -0.05) is 6.92 Å². The summed E-state index contributed by atoms with van der Waals surface area (Å²) in [4.78, 5) is 27.6. The number of nitrogens with zero attached hydrogens (tertiary/aromatic N) is 1. The van der Waals surface area contributed by atoms with Gasteiger partial charge in [0.15, 0.2) is 0 Å². The third-order valence-corrected chi connectivity index (χ3v) is 3.42. The first-order valence-corrected chi connectivity index (χ1v) is 6.52. The highest BCUT2D eigenvalue weighted by molar-refractivity contribution is 7.11. The summed E-state index contributed by atoms with van der Waals surface area (Å²) in [6.07, 6.45) is 7.63. The molecule has 1 rings (SSSR count). The number of aryl methyl sites for hydroxylation is 1. The average molecular weight is 281 g/mol. The van der Waals surface area contributed by atoms with Gasteiger partial charge in [0.25, 0.3) is 0 Å². The molecule has 0 fully saturated rings. The van der Waals surface area contributed by atoms with E-state index in [0.29, 0.717) is 0 Å². The summed E-state index contributed by atoms with van der Waals surface area (Å²) in [5.41, 5.74) is 0. The minimum atomic E-state index is -1.16. The number of hydrogen-bond donors (Lipinski definition) is 3. The maximum atomic E-state index is 11.5. The van der Waals surface area contributed by atoms with Gasteiger partial charge in [0.2, 0.25) is 0 Å². The number of aromatic nitrogens is 1. The molecule has 7 heteroatoms. The Morgan fingerprint density at radius 2 is 2.37 bits per heavy atom. The average Bonchev–Trinajstić information content (AvgIpc) is 2.83. The Morgan fingerprint density at radius 3 is 2.89 bits per heavy atom. The zero-order valence-electron chi connectivity index (χ0n) is 10.5. The number of urea groups is 1. The molecule has 1 heterocycles. The molecule has 6 nitrogen and oxygen atoms in total. The lowest BCUT2D eigenvalue weighted by atomic mass is 10.2. The fraction of sp³-hybridized carbons (Fsp3) is 0.417. The van der Waals surface area contributed by atoms with Crippen LogP contribution in [0.4, 0.5) is 4.79 Å². The topological polar surface area (TPSA) is 91.3 Å². The molecular formula is C12H15N3O3S. The molecule has 1 atom stereocenters. The molecule has 0 aliphatic carbocycles. The second-order valence-corrected chi connectivity index (χ2v) is 4.90. The molecule has 0 radical (unpaired) electrons. The molecule has 2 amide bonds. The number of carbonyl (C=O) groups is 2. The van der Waals surface area contributed by atoms with Crippen LogP contribution in [0.5, 0.6) is 0 Å². The van der Waals surface area contributed by atoms with Gasteiger partial charge in [-0.25, -0.2) is 14.6 Å². The first kappa shape index (κ1) is 15.0. The fourth-order valence-corrected chi connectivity index (χ4v) is 2.08. The molecule has 1 aromatic heterocycles. The van der Waals surface area contributed by atoms with Crippen LogP contribution in [0, 0.1) is 12.3 Å². The maximum Gasteiger partial charge on any atom is 0.327 e. The number of hydrogen-bond acceptors (Lipinski definition) is 4. The monoisotopic (exact) mass is 281 g/mol. The SMILES string of the molecule is C#CCC(NC(=O)NCc1ncc(CC)s1)C(=O)O. The number of carbonyl (C=O) groups excluding carboxylic acids is 1. The van der Waals surface area contributed by atoms with Crippen LogP contribution in [0.1, 0.15) is 23.2 Å². The third-order valence-electron chi connectivity index (χ3n) is 2.28. The van der Waals surface area contributed by atoms with Crippen LogP contribution in [0.2, 0.25) is 0 Å². The van der Waals surface area contributed by atoms with E-state index in [1.165, 1.54) is 11.3 Å². The molecule has 102 valence electrons. The Kier molecular flexibility index (Phi) is 5.82. The Bertz CT molecular complexity index is 493. The first-order chi connectivity index (χ1) is 9.06. The second kappa shape index (κ2) is 7.38. The van der Waals surface area contributed by atoms with Crippen LogP contribution in [0.3, 0.4) is 0 Å². The number of rotatable bonds is 6. The molecule has 3 N–H and O–H groups in total. The van der Waals surface area contributed by atoms with Crippen molar-refractivity contribution in [3.8, 4) is 12.3 Å². The summed E-state index contributed by atoms with van der Waals surface area (Å²) >= 11 is 1.51. The Hall–Kier alpha value is -2.07. The van der Waals surface area contributed by atoms with Gasteiger partial charge in [0.05, 0.1) is 6.54 Å². The summed E-state index contributed by atoms with van der Waals surface area (Å²) in [7, 11) is 0. The lowest BCUT2D eigenvalue weighted by Crippen LogP contribution is -2.45. The summed E-state index contributed by atoms with van der Waals surface area (Å²) in [5, 5.41) is 14.4. The smallest absolute Gasteiger partial charge is 0.327 e. The molecule has 0 saturated heterocycles.